The molecule has 0 saturated heterocycles. The summed E-state index contributed by atoms with van der Waals surface area (Å²) in [5.74, 6) is 0.661. The summed E-state index contributed by atoms with van der Waals surface area (Å²) >= 11 is 0. The molecule has 0 aliphatic carbocycles. The Balaban J connectivity index is 2.85. The molecule has 0 radical (unpaired) electrons. The lowest BCUT2D eigenvalue weighted by atomic mass is 9.94. The lowest BCUT2D eigenvalue weighted by molar-refractivity contribution is -0.136. The van der Waals surface area contributed by atoms with Gasteiger partial charge in [-0.1, -0.05) is 20.8 Å². The zero-order valence-electron chi connectivity index (χ0n) is 13.2. The van der Waals surface area contributed by atoms with Gasteiger partial charge in [0.05, 0.1) is 6.54 Å². The fourth-order valence-electron chi connectivity index (χ4n) is 2.24. The van der Waals surface area contributed by atoms with Gasteiger partial charge in [-0.15, -0.1) is 0 Å². The Morgan fingerprint density at radius 1 is 1.55 bits per heavy atom. The van der Waals surface area contributed by atoms with Crippen molar-refractivity contribution < 1.29 is 9.90 Å². The summed E-state index contributed by atoms with van der Waals surface area (Å²) in [6, 6.07) is 0. The van der Waals surface area contributed by atoms with Crippen molar-refractivity contribution in [3.63, 3.8) is 0 Å². The molecule has 5 nitrogen and oxygen atoms in total. The zero-order chi connectivity index (χ0) is 15.3. The lowest BCUT2D eigenvalue weighted by Gasteiger charge is -2.29. The fraction of sp³-hybridized carbons (Fsp3) is 0.733. The van der Waals surface area contributed by atoms with Crippen LogP contribution in [0, 0.1) is 0 Å². The molecule has 0 bridgehead atoms. The van der Waals surface area contributed by atoms with Crippen molar-refractivity contribution in [3.05, 3.63) is 17.7 Å². The van der Waals surface area contributed by atoms with Crippen molar-refractivity contribution >= 4 is 5.97 Å². The number of imidazole rings is 1. The first-order valence-corrected chi connectivity index (χ1v) is 7.30. The molecule has 0 aromatic carbocycles. The van der Waals surface area contributed by atoms with E-state index in [0.29, 0.717) is 5.92 Å². The van der Waals surface area contributed by atoms with Gasteiger partial charge in [0.1, 0.15) is 5.82 Å². The van der Waals surface area contributed by atoms with Crippen LogP contribution in [0.4, 0.5) is 0 Å². The van der Waals surface area contributed by atoms with Crippen LogP contribution in [0.15, 0.2) is 6.20 Å². The average Bonchev–Trinajstić information content (AvgIpc) is 2.77. The third-order valence-corrected chi connectivity index (χ3v) is 4.23. The Labute approximate surface area is 121 Å². The number of carboxylic acids is 1. The van der Waals surface area contributed by atoms with E-state index in [0.717, 1.165) is 25.1 Å². The van der Waals surface area contributed by atoms with E-state index >= 15 is 0 Å². The summed E-state index contributed by atoms with van der Waals surface area (Å²) in [5.41, 5.74) is 0.990. The monoisotopic (exact) mass is 281 g/mol. The molecular weight excluding hydrogens is 254 g/mol. The van der Waals surface area contributed by atoms with Gasteiger partial charge in [-0.05, 0) is 25.7 Å². The van der Waals surface area contributed by atoms with Crippen molar-refractivity contribution in [2.45, 2.75) is 58.4 Å². The molecule has 2 unspecified atom stereocenters. The number of hydrogen-bond donors (Lipinski definition) is 2. The van der Waals surface area contributed by atoms with E-state index < -0.39 is 5.97 Å². The molecule has 1 rings (SSSR count). The minimum absolute atomic E-state index is 0.0209. The van der Waals surface area contributed by atoms with E-state index in [1.54, 1.807) is 0 Å². The van der Waals surface area contributed by atoms with Crippen LogP contribution in [0.25, 0.3) is 0 Å². The summed E-state index contributed by atoms with van der Waals surface area (Å²) in [7, 11) is 2.04. The summed E-state index contributed by atoms with van der Waals surface area (Å²) in [6.45, 7) is 8.46. The lowest BCUT2D eigenvalue weighted by Crippen LogP contribution is -2.46. The first kappa shape index (κ1) is 16.7. The van der Waals surface area contributed by atoms with Crippen LogP contribution in [-0.2, 0) is 18.3 Å². The second-order valence-corrected chi connectivity index (χ2v) is 5.81. The molecule has 20 heavy (non-hydrogen) atoms. The van der Waals surface area contributed by atoms with Gasteiger partial charge in [0, 0.05) is 30.9 Å². The van der Waals surface area contributed by atoms with Crippen LogP contribution in [0.5, 0.6) is 0 Å². The Kier molecular flexibility index (Phi) is 5.74. The van der Waals surface area contributed by atoms with Gasteiger partial charge in [-0.25, -0.2) is 4.98 Å². The van der Waals surface area contributed by atoms with E-state index in [1.165, 1.54) is 5.69 Å². The highest BCUT2D eigenvalue weighted by molar-refractivity contribution is 5.69. The first-order valence-electron chi connectivity index (χ1n) is 7.30. The molecule has 2 atom stereocenters. The molecule has 0 aliphatic rings. The largest absolute Gasteiger partial charge is 0.480 e. The summed E-state index contributed by atoms with van der Waals surface area (Å²) < 4.78 is 2.14. The molecule has 5 heteroatoms. The van der Waals surface area contributed by atoms with Gasteiger partial charge in [-0.2, -0.15) is 0 Å². The molecule has 0 spiro atoms. The van der Waals surface area contributed by atoms with Gasteiger partial charge < -0.3 is 15.0 Å². The van der Waals surface area contributed by atoms with E-state index in [2.05, 4.69) is 35.6 Å². The van der Waals surface area contributed by atoms with Crippen LogP contribution < -0.4 is 5.32 Å². The molecule has 2 N–H and O–H groups in total. The Morgan fingerprint density at radius 3 is 2.70 bits per heavy atom. The maximum atomic E-state index is 10.7. The summed E-state index contributed by atoms with van der Waals surface area (Å²) in [5, 5.41) is 11.9. The van der Waals surface area contributed by atoms with Crippen molar-refractivity contribution in [1.82, 2.24) is 14.9 Å². The normalized spacial score (nSPS) is 15.8. The smallest absolute Gasteiger partial charge is 0.317 e. The third-order valence-electron chi connectivity index (χ3n) is 4.23. The molecule has 1 aromatic rings. The first-order chi connectivity index (χ1) is 9.33. The Hall–Kier alpha value is -1.36. The maximum Gasteiger partial charge on any atom is 0.317 e. The van der Waals surface area contributed by atoms with Crippen molar-refractivity contribution in [2.24, 2.45) is 7.05 Å². The molecule has 1 heterocycles. The molecule has 0 amide bonds. The number of carboxylic acid groups (broad SMARTS) is 1. The predicted octanol–water partition coefficient (Wildman–Crippen LogP) is 2.32. The minimum atomic E-state index is -0.829. The standard InChI is InChI=1S/C15H27N3O2/c1-6-11(3)12-9-16-13(18(12)5)8-15(4,7-2)17-10-14(19)20/h9,11,17H,6-8,10H2,1-5H3,(H,19,20). The molecule has 0 saturated carbocycles. The number of nitrogens with one attached hydrogen (secondary N) is 1. The second kappa shape index (κ2) is 6.88. The predicted molar refractivity (Wildman–Crippen MR) is 80.0 cm³/mol. The molecular formula is C15H27N3O2. The van der Waals surface area contributed by atoms with Crippen molar-refractivity contribution in [1.29, 1.82) is 0 Å². The van der Waals surface area contributed by atoms with Gasteiger partial charge >= 0.3 is 5.97 Å². The maximum absolute atomic E-state index is 10.7. The SMILES string of the molecule is CCC(C)c1cnc(CC(C)(CC)NCC(=O)O)n1C. The van der Waals surface area contributed by atoms with Crippen LogP contribution in [0.2, 0.25) is 0 Å². The number of nitrogens with zero attached hydrogens (tertiary/aromatic N) is 2. The van der Waals surface area contributed by atoms with E-state index in [-0.39, 0.29) is 12.1 Å². The molecule has 0 fully saturated rings. The summed E-state index contributed by atoms with van der Waals surface area (Å²) in [4.78, 5) is 15.3. The van der Waals surface area contributed by atoms with Gasteiger partial charge in [0.2, 0.25) is 0 Å². The van der Waals surface area contributed by atoms with Crippen LogP contribution in [-0.4, -0.2) is 32.7 Å². The van der Waals surface area contributed by atoms with Crippen molar-refractivity contribution in [2.75, 3.05) is 6.54 Å². The van der Waals surface area contributed by atoms with E-state index in [4.69, 9.17) is 5.11 Å². The second-order valence-electron chi connectivity index (χ2n) is 5.81. The van der Waals surface area contributed by atoms with Crippen LogP contribution >= 0.6 is 0 Å². The minimum Gasteiger partial charge on any atom is -0.480 e. The topological polar surface area (TPSA) is 67.2 Å². The highest BCUT2D eigenvalue weighted by atomic mass is 16.4. The number of hydrogen-bond acceptors (Lipinski definition) is 3. The quantitative estimate of drug-likeness (QED) is 0.767. The molecule has 0 aliphatic heterocycles. The highest BCUT2D eigenvalue weighted by Gasteiger charge is 2.25. The fourth-order valence-corrected chi connectivity index (χ4v) is 2.24. The highest BCUT2D eigenvalue weighted by Crippen LogP contribution is 2.22. The number of rotatable bonds is 8. The molecule has 114 valence electrons. The van der Waals surface area contributed by atoms with Gasteiger partial charge in [0.25, 0.3) is 0 Å². The zero-order valence-corrected chi connectivity index (χ0v) is 13.2. The van der Waals surface area contributed by atoms with Crippen LogP contribution in [0.1, 0.15) is 58.0 Å². The van der Waals surface area contributed by atoms with Gasteiger partial charge in [-0.3, -0.25) is 4.79 Å². The summed E-state index contributed by atoms with van der Waals surface area (Å²) in [6.07, 6.45) is 4.60. The van der Waals surface area contributed by atoms with Gasteiger partial charge in [0.15, 0.2) is 0 Å². The molecule has 1 aromatic heterocycles. The number of aliphatic carboxylic acids is 1. The average molecular weight is 281 g/mol. The number of carbonyl (C=O) groups is 1. The Bertz CT molecular complexity index is 456. The van der Waals surface area contributed by atoms with E-state index in [9.17, 15) is 4.79 Å². The van der Waals surface area contributed by atoms with E-state index in [1.807, 2.05) is 20.2 Å². The Morgan fingerprint density at radius 2 is 2.20 bits per heavy atom. The van der Waals surface area contributed by atoms with Crippen molar-refractivity contribution in [3.8, 4) is 0 Å². The van der Waals surface area contributed by atoms with Crippen LogP contribution in [0.3, 0.4) is 0 Å². The third kappa shape index (κ3) is 4.07. The number of aromatic nitrogens is 2.